The largest absolute Gasteiger partial charge is 1.00 e. The molecular weight excluding hydrogens is 1160 g/mol. The number of rotatable bonds is 12. The van der Waals surface area contributed by atoms with Crippen LogP contribution < -0.4 is 54.0 Å². The first-order valence-corrected chi connectivity index (χ1v) is 28.9. The van der Waals surface area contributed by atoms with Crippen LogP contribution in [0.2, 0.25) is 4.47 Å². The van der Waals surface area contributed by atoms with Gasteiger partial charge in [-0.3, -0.25) is 4.79 Å². The van der Waals surface area contributed by atoms with Gasteiger partial charge < -0.3 is 45.5 Å². The molecule has 82 heavy (non-hydrogen) atoms. The maximum absolute atomic E-state index is 12.5. The Morgan fingerprint density at radius 2 is 1.01 bits per heavy atom. The molecule has 2 aliphatic heterocycles. The van der Waals surface area contributed by atoms with Crippen LogP contribution in [0.3, 0.4) is 0 Å². The van der Waals surface area contributed by atoms with E-state index in [2.05, 4.69) is 60.3 Å². The van der Waals surface area contributed by atoms with Crippen molar-refractivity contribution in [2.75, 3.05) is 62.9 Å². The van der Waals surface area contributed by atoms with Crippen LogP contribution in [0.15, 0.2) is 146 Å². The van der Waals surface area contributed by atoms with Crippen molar-refractivity contribution in [2.45, 2.75) is 47.0 Å². The molecule has 10 aromatic rings. The fraction of sp³-hybridized carbons (Fsp3) is 0.254. The number of halogens is 1. The number of carboxylic acids is 1. The van der Waals surface area contributed by atoms with Crippen LogP contribution in [0.25, 0.3) is 40.9 Å². The van der Waals surface area contributed by atoms with Gasteiger partial charge in [0.15, 0.2) is 24.3 Å². The number of carboxylic acid groups (broad SMARTS) is 1. The van der Waals surface area contributed by atoms with Crippen molar-refractivity contribution < 1.29 is 84.1 Å². The maximum Gasteiger partial charge on any atom is 1.00 e. The molecule has 2 aliphatic rings. The number of aromatic nitrogens is 4. The van der Waals surface area contributed by atoms with Crippen LogP contribution in [0.1, 0.15) is 46.7 Å². The Hall–Kier alpha value is -6.79. The molecule has 17 nitrogen and oxygen atoms in total. The maximum atomic E-state index is 12.5. The molecule has 0 radical (unpaired) electrons. The summed E-state index contributed by atoms with van der Waals surface area (Å²) in [6, 6.07) is 47.7. The van der Waals surface area contributed by atoms with E-state index in [1.807, 2.05) is 120 Å². The van der Waals surface area contributed by atoms with Crippen LogP contribution in [0.4, 0.5) is 11.4 Å². The number of carbonyl (C=O) groups is 4. The van der Waals surface area contributed by atoms with Gasteiger partial charge in [0, 0.05) is 24.5 Å². The predicted molar refractivity (Wildman–Crippen MR) is 326 cm³/mol. The molecule has 23 heteroatoms. The molecule has 6 heterocycles. The third kappa shape index (κ3) is 20.9. The normalized spacial score (nSPS) is 11.5. The van der Waals surface area contributed by atoms with Gasteiger partial charge in [0.2, 0.25) is 0 Å². The third-order valence-electron chi connectivity index (χ3n) is 11.1. The molecule has 0 fully saturated rings. The molecule has 0 saturated heterocycles. The van der Waals surface area contributed by atoms with Crippen LogP contribution in [0.5, 0.6) is 15.6 Å². The summed E-state index contributed by atoms with van der Waals surface area (Å²) >= 11 is 11.4. The van der Waals surface area contributed by atoms with Crippen LogP contribution in [-0.2, 0) is 41.5 Å². The summed E-state index contributed by atoms with van der Waals surface area (Å²) in [5, 5.41) is 21.2. The number of anilines is 2. The second-order valence-electron chi connectivity index (χ2n) is 16.8. The Morgan fingerprint density at radius 1 is 0.573 bits per heavy atom. The first-order valence-electron chi connectivity index (χ1n) is 25.3. The molecular formula is C59H62ClN6NaO11S4. The molecule has 4 aromatic heterocycles. The van der Waals surface area contributed by atoms with Crippen LogP contribution >= 0.6 is 56.9 Å². The quantitative estimate of drug-likeness (QED) is 0.0765. The number of para-hydroxylation sites is 6. The summed E-state index contributed by atoms with van der Waals surface area (Å²) in [5.74, 6) is -1.95. The third-order valence-corrected chi connectivity index (χ3v) is 15.1. The summed E-state index contributed by atoms with van der Waals surface area (Å²) in [4.78, 5) is 62.4. The number of aliphatic hydroxyl groups is 1. The molecule has 3 N–H and O–H groups in total. The van der Waals surface area contributed by atoms with E-state index in [0.717, 1.165) is 72.5 Å². The Labute approximate surface area is 519 Å². The van der Waals surface area contributed by atoms with Crippen molar-refractivity contribution in [1.29, 1.82) is 0 Å². The number of aryl methyl sites for hydroxylation is 2. The molecule has 426 valence electrons. The zero-order valence-corrected chi connectivity index (χ0v) is 50.7. The van der Waals surface area contributed by atoms with Gasteiger partial charge in [0.25, 0.3) is 21.5 Å². The zero-order valence-electron chi connectivity index (χ0n) is 45.7. The number of hydrogen-bond acceptors (Lipinski definition) is 19. The van der Waals surface area contributed by atoms with E-state index in [0.29, 0.717) is 33.3 Å². The van der Waals surface area contributed by atoms with Gasteiger partial charge in [-0.05, 0) is 111 Å². The van der Waals surface area contributed by atoms with E-state index < -0.39 is 18.5 Å². The first kappa shape index (κ1) is 66.0. The standard InChI is InChI=1S/C18H16N2O2S.C11H11NO3S.C9H7NO3S.C9H11N.C7H4ClNS.C4H8O3.CH4.Na.H/c21-17(20-11-5-7-13-6-1-3-9-15(13)20)12-22-18-19-14-8-2-4-10-16(14)23-18;1-2-14-10(13)7-15-11-12-8-5-3-4-6-9(8)16-11;11-8(12)5-13-9-10-6-3-1-2-4-7(6)14-9;1-2-6-9-8(4-1)5-3-7-10-9;8-7-9-5-3-1-2-4-6(5)10-7;1-2-7-4(6)3-5;;;/h1-4,6,8-10H,5,7,11-12H2;3-6H,2,7H2,1H3;1-4H,5H2,(H,11,12);1-2,4,6,10H,3,5,7H2;1-4H;5H,2-3H2,1H3;1H4;;/q;;;;;;;+1;-1. The number of fused-ring (bicyclic) bond motifs is 6. The number of benzene rings is 6. The van der Waals surface area contributed by atoms with Crippen LogP contribution in [-0.4, -0.2) is 107 Å². The Balaban J connectivity index is 0.000000221. The minimum absolute atomic E-state index is 0. The topological polar surface area (TPSA) is 222 Å². The minimum atomic E-state index is -0.996. The molecule has 0 bridgehead atoms. The van der Waals surface area contributed by atoms with E-state index in [1.54, 1.807) is 13.8 Å². The smallest absolute Gasteiger partial charge is 1.00 e. The SMILES string of the molecule is C.CCOC(=O)CO.CCOC(=O)COc1nc2ccccc2s1.Clc1nc2ccccc2s1.O=C(COc1nc2ccccc2s1)N1CCCc2ccccc21.O=C(O)COc1nc2ccccc2s1.[H-].[Na+].c1ccc2c(c1)CCCN2. The van der Waals surface area contributed by atoms with Gasteiger partial charge >= 0.3 is 47.5 Å². The van der Waals surface area contributed by atoms with Crippen molar-refractivity contribution in [3.05, 3.63) is 161 Å². The minimum Gasteiger partial charge on any atom is -1.00 e. The van der Waals surface area contributed by atoms with Gasteiger partial charge in [0.05, 0.1) is 54.1 Å². The molecule has 0 atom stereocenters. The van der Waals surface area contributed by atoms with E-state index in [1.165, 1.54) is 75.0 Å². The molecule has 12 rings (SSSR count). The van der Waals surface area contributed by atoms with Crippen LogP contribution in [0, 0.1) is 0 Å². The second kappa shape index (κ2) is 35.3. The number of nitrogens with zero attached hydrogens (tertiary/aromatic N) is 5. The monoisotopic (exact) mass is 1220 g/mol. The molecule has 6 aromatic carbocycles. The number of carbonyl (C=O) groups excluding carboxylic acids is 3. The van der Waals surface area contributed by atoms with E-state index in [9.17, 15) is 19.2 Å². The summed E-state index contributed by atoms with van der Waals surface area (Å²) < 4.78 is 29.8. The van der Waals surface area contributed by atoms with Crippen molar-refractivity contribution in [2.24, 2.45) is 0 Å². The van der Waals surface area contributed by atoms with Crippen molar-refractivity contribution in [3.8, 4) is 15.6 Å². The Bertz CT molecular complexity index is 3450. The second-order valence-corrected chi connectivity index (χ2v) is 21.4. The number of aliphatic carboxylic acids is 1. The van der Waals surface area contributed by atoms with Gasteiger partial charge in [0.1, 0.15) is 6.61 Å². The van der Waals surface area contributed by atoms with Crippen molar-refractivity contribution in [1.82, 2.24) is 19.9 Å². The van der Waals surface area contributed by atoms with Gasteiger partial charge in [-0.1, -0.05) is 138 Å². The van der Waals surface area contributed by atoms with Gasteiger partial charge in [-0.2, -0.15) is 0 Å². The predicted octanol–water partition coefficient (Wildman–Crippen LogP) is 9.94. The molecule has 0 saturated carbocycles. The summed E-state index contributed by atoms with van der Waals surface area (Å²) in [6.07, 6.45) is 4.53. The summed E-state index contributed by atoms with van der Waals surface area (Å²) in [6.45, 7) is 5.09. The van der Waals surface area contributed by atoms with Crippen molar-refractivity contribution in [3.63, 3.8) is 0 Å². The number of esters is 2. The summed E-state index contributed by atoms with van der Waals surface area (Å²) in [5.41, 5.74) is 8.64. The zero-order chi connectivity index (χ0) is 56.5. The fourth-order valence-electron chi connectivity index (χ4n) is 7.64. The number of aliphatic hydroxyl groups excluding tert-OH is 1. The number of ether oxygens (including phenoxy) is 5. The molecule has 1 amide bonds. The van der Waals surface area contributed by atoms with Gasteiger partial charge in [-0.25, -0.2) is 34.3 Å². The fourth-order valence-corrected chi connectivity index (χ4v) is 11.1. The van der Waals surface area contributed by atoms with Crippen molar-refractivity contribution >= 4 is 133 Å². The van der Waals surface area contributed by atoms with Gasteiger partial charge in [-0.15, -0.1) is 11.3 Å². The number of amides is 1. The first-order chi connectivity index (χ1) is 39.0. The van der Waals surface area contributed by atoms with E-state index >= 15 is 0 Å². The van der Waals surface area contributed by atoms with E-state index in [-0.39, 0.29) is 70.1 Å². The molecule has 0 unspecified atom stereocenters. The molecule has 0 spiro atoms. The number of nitrogens with one attached hydrogen (secondary N) is 1. The average Bonchev–Trinajstić information content (AvgIpc) is 4.45. The van der Waals surface area contributed by atoms with E-state index in [4.69, 9.17) is 40.8 Å². The summed E-state index contributed by atoms with van der Waals surface area (Å²) in [7, 11) is 0. The number of thiazole rings is 4. The Morgan fingerprint density at radius 3 is 1.50 bits per heavy atom. The Kier molecular flexibility index (Phi) is 28.4. The average molecular weight is 1220 g/mol. The number of hydrogen-bond donors (Lipinski definition) is 3. The molecule has 0 aliphatic carbocycles.